The summed E-state index contributed by atoms with van der Waals surface area (Å²) in [5, 5.41) is 19.4. The van der Waals surface area contributed by atoms with Crippen molar-refractivity contribution in [3.05, 3.63) is 46.5 Å². The van der Waals surface area contributed by atoms with Crippen LogP contribution in [0, 0.1) is 0 Å². The molecule has 0 aromatic carbocycles. The maximum Gasteiger partial charge on any atom is 0.315 e. The number of amides is 2. The summed E-state index contributed by atoms with van der Waals surface area (Å²) in [6.45, 7) is 2.35. The van der Waals surface area contributed by atoms with Gasteiger partial charge < -0.3 is 20.2 Å². The van der Waals surface area contributed by atoms with Crippen molar-refractivity contribution in [1.29, 1.82) is 0 Å². The molecule has 6 heteroatoms. The van der Waals surface area contributed by atoms with Crippen LogP contribution >= 0.6 is 11.3 Å². The zero-order chi connectivity index (χ0) is 14.4. The second-order valence-electron chi connectivity index (χ2n) is 4.63. The lowest BCUT2D eigenvalue weighted by atomic mass is 10.1. The molecule has 2 rings (SSSR count). The standard InChI is InChI=1S/C14H18N2O3S/c1-10(7-12(17)13-3-2-5-19-13)16-14(18)15-8-11-4-6-20-9-11/h2-6,9-10,12,17H,7-8H2,1H3,(H2,15,16,18). The van der Waals surface area contributed by atoms with Crippen LogP contribution in [0.25, 0.3) is 0 Å². The van der Waals surface area contributed by atoms with Gasteiger partial charge in [-0.25, -0.2) is 4.79 Å². The number of carbonyl (C=O) groups is 1. The Labute approximate surface area is 121 Å². The zero-order valence-corrected chi connectivity index (χ0v) is 12.0. The second-order valence-corrected chi connectivity index (χ2v) is 5.41. The van der Waals surface area contributed by atoms with Crippen LogP contribution in [0.3, 0.4) is 0 Å². The third kappa shape index (κ3) is 4.40. The average molecular weight is 294 g/mol. The first-order valence-electron chi connectivity index (χ1n) is 6.42. The van der Waals surface area contributed by atoms with E-state index in [4.69, 9.17) is 4.42 Å². The lowest BCUT2D eigenvalue weighted by Crippen LogP contribution is -2.41. The Hall–Kier alpha value is -1.79. The normalized spacial score (nSPS) is 13.7. The molecule has 108 valence electrons. The molecule has 2 atom stereocenters. The first kappa shape index (κ1) is 14.6. The summed E-state index contributed by atoms with van der Waals surface area (Å²) in [7, 11) is 0. The van der Waals surface area contributed by atoms with E-state index in [0.29, 0.717) is 18.7 Å². The molecule has 0 spiro atoms. The molecule has 0 radical (unpaired) electrons. The summed E-state index contributed by atoms with van der Waals surface area (Å²) >= 11 is 1.60. The van der Waals surface area contributed by atoms with Crippen molar-refractivity contribution < 1.29 is 14.3 Å². The van der Waals surface area contributed by atoms with Crippen LogP contribution in [0.15, 0.2) is 39.6 Å². The summed E-state index contributed by atoms with van der Waals surface area (Å²) in [5.41, 5.74) is 1.08. The minimum atomic E-state index is -0.711. The molecule has 2 aromatic rings. The molecule has 2 heterocycles. The largest absolute Gasteiger partial charge is 0.467 e. The Morgan fingerprint density at radius 1 is 1.50 bits per heavy atom. The predicted molar refractivity (Wildman–Crippen MR) is 77.4 cm³/mol. The van der Waals surface area contributed by atoms with Gasteiger partial charge in [0, 0.05) is 19.0 Å². The molecule has 0 bridgehead atoms. The minimum absolute atomic E-state index is 0.155. The van der Waals surface area contributed by atoms with Gasteiger partial charge in [-0.2, -0.15) is 11.3 Å². The molecule has 0 aliphatic carbocycles. The number of rotatable bonds is 6. The highest BCUT2D eigenvalue weighted by Gasteiger charge is 2.16. The monoisotopic (exact) mass is 294 g/mol. The van der Waals surface area contributed by atoms with E-state index in [-0.39, 0.29) is 12.1 Å². The van der Waals surface area contributed by atoms with Gasteiger partial charge in [0.05, 0.1) is 6.26 Å². The third-order valence-electron chi connectivity index (χ3n) is 2.86. The van der Waals surface area contributed by atoms with Gasteiger partial charge in [-0.15, -0.1) is 0 Å². The van der Waals surface area contributed by atoms with E-state index in [1.165, 1.54) is 6.26 Å². The Kier molecular flexibility index (Phi) is 5.20. The van der Waals surface area contributed by atoms with Crippen LogP contribution in [-0.2, 0) is 6.54 Å². The summed E-state index contributed by atoms with van der Waals surface area (Å²) in [4.78, 5) is 11.7. The molecular weight excluding hydrogens is 276 g/mol. The van der Waals surface area contributed by atoms with Crippen LogP contribution in [0.5, 0.6) is 0 Å². The van der Waals surface area contributed by atoms with Crippen molar-refractivity contribution in [3.63, 3.8) is 0 Å². The first-order valence-corrected chi connectivity index (χ1v) is 7.36. The number of thiophene rings is 1. The molecule has 5 nitrogen and oxygen atoms in total. The molecule has 20 heavy (non-hydrogen) atoms. The third-order valence-corrected chi connectivity index (χ3v) is 3.59. The molecule has 2 amide bonds. The van der Waals surface area contributed by atoms with Crippen molar-refractivity contribution in [2.45, 2.75) is 32.0 Å². The molecule has 0 fully saturated rings. The van der Waals surface area contributed by atoms with Crippen molar-refractivity contribution in [2.24, 2.45) is 0 Å². The number of urea groups is 1. The molecular formula is C14H18N2O3S. The van der Waals surface area contributed by atoms with Gasteiger partial charge in [0.25, 0.3) is 0 Å². The number of aliphatic hydroxyl groups is 1. The molecule has 2 unspecified atom stereocenters. The fourth-order valence-electron chi connectivity index (χ4n) is 1.84. The van der Waals surface area contributed by atoms with E-state index in [0.717, 1.165) is 5.56 Å². The fraction of sp³-hybridized carbons (Fsp3) is 0.357. The Bertz CT molecular complexity index is 511. The maximum absolute atomic E-state index is 11.7. The molecule has 0 aliphatic rings. The molecule has 3 N–H and O–H groups in total. The quantitative estimate of drug-likeness (QED) is 0.766. The van der Waals surface area contributed by atoms with Gasteiger partial charge in [-0.3, -0.25) is 0 Å². The topological polar surface area (TPSA) is 74.5 Å². The number of aliphatic hydroxyl groups excluding tert-OH is 1. The number of carbonyl (C=O) groups excluding carboxylic acids is 1. The zero-order valence-electron chi connectivity index (χ0n) is 11.2. The number of nitrogens with one attached hydrogen (secondary N) is 2. The number of hydrogen-bond donors (Lipinski definition) is 3. The number of hydrogen-bond acceptors (Lipinski definition) is 4. The summed E-state index contributed by atoms with van der Waals surface area (Å²) in [6.07, 6.45) is 1.21. The fourth-order valence-corrected chi connectivity index (χ4v) is 2.51. The van der Waals surface area contributed by atoms with Crippen molar-refractivity contribution >= 4 is 17.4 Å². The van der Waals surface area contributed by atoms with Gasteiger partial charge in [-0.1, -0.05) is 0 Å². The minimum Gasteiger partial charge on any atom is -0.467 e. The van der Waals surface area contributed by atoms with E-state index in [2.05, 4.69) is 10.6 Å². The lowest BCUT2D eigenvalue weighted by Gasteiger charge is -2.17. The van der Waals surface area contributed by atoms with Crippen LogP contribution < -0.4 is 10.6 Å². The van der Waals surface area contributed by atoms with E-state index in [1.807, 2.05) is 23.8 Å². The van der Waals surface area contributed by atoms with Gasteiger partial charge >= 0.3 is 6.03 Å². The molecule has 0 saturated heterocycles. The van der Waals surface area contributed by atoms with Gasteiger partial charge in [0.1, 0.15) is 11.9 Å². The first-order chi connectivity index (χ1) is 9.65. The number of furan rings is 1. The summed E-state index contributed by atoms with van der Waals surface area (Å²) < 4.78 is 5.12. The Morgan fingerprint density at radius 2 is 2.35 bits per heavy atom. The molecule has 0 saturated carbocycles. The van der Waals surface area contributed by atoms with Crippen molar-refractivity contribution in [1.82, 2.24) is 10.6 Å². The van der Waals surface area contributed by atoms with Gasteiger partial charge in [-0.05, 0) is 41.4 Å². The molecule has 0 aliphatic heterocycles. The Morgan fingerprint density at radius 3 is 3.00 bits per heavy atom. The highest BCUT2D eigenvalue weighted by molar-refractivity contribution is 7.07. The maximum atomic E-state index is 11.7. The summed E-state index contributed by atoms with van der Waals surface area (Å²) in [6, 6.07) is 5.01. The Balaban J connectivity index is 1.70. The summed E-state index contributed by atoms with van der Waals surface area (Å²) in [5.74, 6) is 0.511. The predicted octanol–water partition coefficient (Wildman–Crippen LogP) is 2.65. The highest BCUT2D eigenvalue weighted by atomic mass is 32.1. The van der Waals surface area contributed by atoms with Crippen LogP contribution in [-0.4, -0.2) is 17.2 Å². The van der Waals surface area contributed by atoms with E-state index in [9.17, 15) is 9.90 Å². The van der Waals surface area contributed by atoms with E-state index >= 15 is 0 Å². The van der Waals surface area contributed by atoms with Crippen LogP contribution in [0.2, 0.25) is 0 Å². The van der Waals surface area contributed by atoms with Crippen LogP contribution in [0.1, 0.15) is 30.8 Å². The molecule has 2 aromatic heterocycles. The SMILES string of the molecule is CC(CC(O)c1ccco1)NC(=O)NCc1ccsc1. The van der Waals surface area contributed by atoms with E-state index in [1.54, 1.807) is 23.5 Å². The second kappa shape index (κ2) is 7.12. The van der Waals surface area contributed by atoms with E-state index < -0.39 is 6.10 Å². The van der Waals surface area contributed by atoms with Crippen molar-refractivity contribution in [3.8, 4) is 0 Å². The van der Waals surface area contributed by atoms with Crippen molar-refractivity contribution in [2.75, 3.05) is 0 Å². The highest BCUT2D eigenvalue weighted by Crippen LogP contribution is 2.18. The average Bonchev–Trinajstić information content (AvgIpc) is 3.09. The smallest absolute Gasteiger partial charge is 0.315 e. The van der Waals surface area contributed by atoms with Crippen LogP contribution in [0.4, 0.5) is 4.79 Å². The van der Waals surface area contributed by atoms with Gasteiger partial charge in [0.2, 0.25) is 0 Å². The lowest BCUT2D eigenvalue weighted by molar-refractivity contribution is 0.129. The van der Waals surface area contributed by atoms with Gasteiger partial charge in [0.15, 0.2) is 0 Å².